The van der Waals surface area contributed by atoms with E-state index in [2.05, 4.69) is 25.2 Å². The average Bonchev–Trinajstić information content (AvgIpc) is 2.93. The monoisotopic (exact) mass is 271 g/mol. The molecule has 1 atom stereocenters. The number of rotatable bonds is 4. The Morgan fingerprint density at radius 2 is 2.10 bits per heavy atom. The summed E-state index contributed by atoms with van der Waals surface area (Å²) >= 11 is 0. The second kappa shape index (κ2) is 5.83. The number of nitrogens with zero attached hydrogens (tertiary/aromatic N) is 4. The zero-order chi connectivity index (χ0) is 13.8. The highest BCUT2D eigenvalue weighted by Gasteiger charge is 2.21. The van der Waals surface area contributed by atoms with Gasteiger partial charge < -0.3 is 15.3 Å². The Morgan fingerprint density at radius 3 is 2.85 bits per heavy atom. The van der Waals surface area contributed by atoms with Crippen molar-refractivity contribution in [2.24, 2.45) is 0 Å². The maximum absolute atomic E-state index is 9.58. The number of aromatic nitrogens is 3. The van der Waals surface area contributed by atoms with Crippen LogP contribution in [0.3, 0.4) is 0 Å². The minimum atomic E-state index is -0.252. The Hall–Kier alpha value is -2.21. The van der Waals surface area contributed by atoms with Crippen LogP contribution in [0, 0.1) is 0 Å². The van der Waals surface area contributed by atoms with Crippen LogP contribution in [-0.2, 0) is 6.54 Å². The minimum absolute atomic E-state index is 0.252. The molecule has 1 aliphatic rings. The van der Waals surface area contributed by atoms with Crippen molar-refractivity contribution in [2.45, 2.75) is 19.1 Å². The van der Waals surface area contributed by atoms with E-state index in [-0.39, 0.29) is 6.10 Å². The highest BCUT2D eigenvalue weighted by molar-refractivity contribution is 5.43. The molecule has 3 rings (SSSR count). The van der Waals surface area contributed by atoms with Gasteiger partial charge in [-0.25, -0.2) is 4.98 Å². The van der Waals surface area contributed by atoms with E-state index in [1.807, 2.05) is 18.2 Å². The largest absolute Gasteiger partial charge is 0.391 e. The van der Waals surface area contributed by atoms with Gasteiger partial charge in [0.15, 0.2) is 0 Å². The Labute approximate surface area is 117 Å². The number of hydrogen-bond acceptors (Lipinski definition) is 6. The van der Waals surface area contributed by atoms with Gasteiger partial charge in [-0.1, -0.05) is 0 Å². The first-order valence-electron chi connectivity index (χ1n) is 6.70. The molecule has 6 heteroatoms. The fraction of sp³-hybridized carbons (Fsp3) is 0.357. The molecule has 0 aromatic carbocycles. The first kappa shape index (κ1) is 12.8. The van der Waals surface area contributed by atoms with Crippen LogP contribution in [0.4, 0.5) is 11.8 Å². The van der Waals surface area contributed by atoms with Gasteiger partial charge in [-0.15, -0.1) is 0 Å². The first-order valence-corrected chi connectivity index (χ1v) is 6.70. The number of aliphatic hydroxyl groups excluding tert-OH is 1. The van der Waals surface area contributed by atoms with Crippen LogP contribution in [-0.4, -0.2) is 39.3 Å². The van der Waals surface area contributed by atoms with Crippen LogP contribution < -0.4 is 10.2 Å². The lowest BCUT2D eigenvalue weighted by atomic mass is 10.3. The van der Waals surface area contributed by atoms with Crippen molar-refractivity contribution >= 4 is 11.8 Å². The highest BCUT2D eigenvalue weighted by Crippen LogP contribution is 2.18. The number of nitrogens with one attached hydrogen (secondary N) is 1. The standard InChI is InChI=1S/C14H17N5O/c20-12-4-8-19(10-12)13-3-7-16-14(18-13)17-9-11-1-5-15-6-2-11/h1-3,5-7,12,20H,4,8-10H2,(H,16,17,18)/t12-/m1/s1. The number of aliphatic hydroxyl groups is 1. The molecule has 0 amide bonds. The van der Waals surface area contributed by atoms with E-state index in [0.29, 0.717) is 19.0 Å². The van der Waals surface area contributed by atoms with Crippen LogP contribution in [0.15, 0.2) is 36.8 Å². The van der Waals surface area contributed by atoms with Gasteiger partial charge in [0.1, 0.15) is 5.82 Å². The smallest absolute Gasteiger partial charge is 0.224 e. The SMILES string of the molecule is O[C@@H]1CCN(c2ccnc(NCc3ccncc3)n2)C1. The molecule has 0 unspecified atom stereocenters. The van der Waals surface area contributed by atoms with Crippen molar-refractivity contribution in [1.29, 1.82) is 0 Å². The molecule has 2 aromatic rings. The fourth-order valence-electron chi connectivity index (χ4n) is 2.24. The molecule has 2 N–H and O–H groups in total. The quantitative estimate of drug-likeness (QED) is 0.866. The normalized spacial score (nSPS) is 18.2. The molecule has 1 fully saturated rings. The molecule has 1 saturated heterocycles. The van der Waals surface area contributed by atoms with Gasteiger partial charge in [-0.2, -0.15) is 4.98 Å². The molecule has 3 heterocycles. The van der Waals surface area contributed by atoms with Gasteiger partial charge in [-0.3, -0.25) is 4.98 Å². The van der Waals surface area contributed by atoms with E-state index in [4.69, 9.17) is 0 Å². The molecule has 0 spiro atoms. The summed E-state index contributed by atoms with van der Waals surface area (Å²) in [6.45, 7) is 2.14. The summed E-state index contributed by atoms with van der Waals surface area (Å²) in [5.74, 6) is 1.45. The Balaban J connectivity index is 1.65. The molecular formula is C14H17N5O. The lowest BCUT2D eigenvalue weighted by Gasteiger charge is -2.17. The van der Waals surface area contributed by atoms with Gasteiger partial charge in [0.25, 0.3) is 0 Å². The molecule has 0 radical (unpaired) electrons. The minimum Gasteiger partial charge on any atom is -0.391 e. The average molecular weight is 271 g/mol. The fourth-order valence-corrected chi connectivity index (χ4v) is 2.24. The zero-order valence-corrected chi connectivity index (χ0v) is 11.1. The lowest BCUT2D eigenvalue weighted by molar-refractivity contribution is 0.198. The molecule has 20 heavy (non-hydrogen) atoms. The zero-order valence-electron chi connectivity index (χ0n) is 11.1. The summed E-state index contributed by atoms with van der Waals surface area (Å²) in [7, 11) is 0. The third kappa shape index (κ3) is 3.03. The first-order chi connectivity index (χ1) is 9.81. The third-order valence-corrected chi connectivity index (χ3v) is 3.33. The second-order valence-corrected chi connectivity index (χ2v) is 4.84. The van der Waals surface area contributed by atoms with Crippen LogP contribution in [0.1, 0.15) is 12.0 Å². The maximum atomic E-state index is 9.58. The van der Waals surface area contributed by atoms with E-state index in [0.717, 1.165) is 24.3 Å². The summed E-state index contributed by atoms with van der Waals surface area (Å²) < 4.78 is 0. The van der Waals surface area contributed by atoms with Crippen LogP contribution in [0.25, 0.3) is 0 Å². The van der Waals surface area contributed by atoms with Crippen molar-refractivity contribution < 1.29 is 5.11 Å². The maximum Gasteiger partial charge on any atom is 0.224 e. The predicted octanol–water partition coefficient (Wildman–Crippen LogP) is 1.05. The Bertz CT molecular complexity index is 563. The van der Waals surface area contributed by atoms with Gasteiger partial charge in [0.05, 0.1) is 6.10 Å². The van der Waals surface area contributed by atoms with E-state index < -0.39 is 0 Å². The van der Waals surface area contributed by atoms with Crippen LogP contribution >= 0.6 is 0 Å². The van der Waals surface area contributed by atoms with Crippen LogP contribution in [0.5, 0.6) is 0 Å². The van der Waals surface area contributed by atoms with Gasteiger partial charge in [0, 0.05) is 38.2 Å². The van der Waals surface area contributed by atoms with Crippen molar-refractivity contribution in [3.63, 3.8) is 0 Å². The Morgan fingerprint density at radius 1 is 1.25 bits per heavy atom. The summed E-state index contributed by atoms with van der Waals surface area (Å²) in [6, 6.07) is 5.77. The van der Waals surface area contributed by atoms with Gasteiger partial charge in [-0.05, 0) is 30.2 Å². The second-order valence-electron chi connectivity index (χ2n) is 4.84. The summed E-state index contributed by atoms with van der Waals surface area (Å²) in [5, 5.41) is 12.8. The van der Waals surface area contributed by atoms with E-state index in [1.165, 1.54) is 0 Å². The van der Waals surface area contributed by atoms with Crippen molar-refractivity contribution in [3.8, 4) is 0 Å². The number of anilines is 2. The number of β-amino-alcohol motifs (C(OH)–C–C–N with tert-alkyl or cyclic N) is 1. The topological polar surface area (TPSA) is 74.2 Å². The molecule has 0 bridgehead atoms. The number of hydrogen-bond donors (Lipinski definition) is 2. The highest BCUT2D eigenvalue weighted by atomic mass is 16.3. The van der Waals surface area contributed by atoms with Crippen molar-refractivity contribution in [2.75, 3.05) is 23.3 Å². The summed E-state index contributed by atoms with van der Waals surface area (Å²) in [6.07, 6.45) is 5.81. The van der Waals surface area contributed by atoms with Gasteiger partial charge in [0.2, 0.25) is 5.95 Å². The van der Waals surface area contributed by atoms with Gasteiger partial charge >= 0.3 is 0 Å². The van der Waals surface area contributed by atoms with Crippen LogP contribution in [0.2, 0.25) is 0 Å². The lowest BCUT2D eigenvalue weighted by Crippen LogP contribution is -2.22. The molecule has 0 saturated carbocycles. The molecule has 2 aromatic heterocycles. The van der Waals surface area contributed by atoms with E-state index in [1.54, 1.807) is 18.6 Å². The summed E-state index contributed by atoms with van der Waals surface area (Å²) in [5.41, 5.74) is 1.13. The predicted molar refractivity (Wildman–Crippen MR) is 76.4 cm³/mol. The molecular weight excluding hydrogens is 254 g/mol. The third-order valence-electron chi connectivity index (χ3n) is 3.33. The summed E-state index contributed by atoms with van der Waals surface area (Å²) in [4.78, 5) is 14.8. The van der Waals surface area contributed by atoms with E-state index >= 15 is 0 Å². The molecule has 0 aliphatic carbocycles. The molecule has 1 aliphatic heterocycles. The van der Waals surface area contributed by atoms with E-state index in [9.17, 15) is 5.11 Å². The van der Waals surface area contributed by atoms with Crippen molar-refractivity contribution in [3.05, 3.63) is 42.4 Å². The Kier molecular flexibility index (Phi) is 3.73. The number of pyridine rings is 1. The molecule has 104 valence electrons. The van der Waals surface area contributed by atoms with Crippen molar-refractivity contribution in [1.82, 2.24) is 15.0 Å². The molecule has 6 nitrogen and oxygen atoms in total.